The summed E-state index contributed by atoms with van der Waals surface area (Å²) < 4.78 is 10.6. The van der Waals surface area contributed by atoms with Crippen LogP contribution in [0.25, 0.3) is 0 Å². The summed E-state index contributed by atoms with van der Waals surface area (Å²) in [6, 6.07) is 19.0. The zero-order chi connectivity index (χ0) is 21.5. The van der Waals surface area contributed by atoms with Crippen LogP contribution in [0.4, 0.5) is 11.4 Å². The number of nitrogens with one attached hydrogen (secondary N) is 2. The van der Waals surface area contributed by atoms with E-state index in [1.165, 1.54) is 7.11 Å². The Morgan fingerprint density at radius 2 is 1.70 bits per heavy atom. The molecule has 0 heterocycles. The second-order valence-electron chi connectivity index (χ2n) is 6.48. The molecule has 0 aromatic heterocycles. The molecular formula is C23H21ClN2O4. The highest BCUT2D eigenvalue weighted by Gasteiger charge is 2.10. The molecule has 30 heavy (non-hydrogen) atoms. The van der Waals surface area contributed by atoms with Gasteiger partial charge in [-0.15, -0.1) is 0 Å². The second kappa shape index (κ2) is 9.80. The quantitative estimate of drug-likeness (QED) is 0.564. The van der Waals surface area contributed by atoms with Gasteiger partial charge in [0, 0.05) is 16.9 Å². The number of methoxy groups -OCH3 is 1. The first-order valence-electron chi connectivity index (χ1n) is 9.19. The van der Waals surface area contributed by atoms with Crippen LogP contribution in [0.5, 0.6) is 11.5 Å². The van der Waals surface area contributed by atoms with Crippen LogP contribution in [0.1, 0.15) is 15.9 Å². The third-order valence-corrected chi connectivity index (χ3v) is 4.61. The fraction of sp³-hybridized carbons (Fsp3) is 0.130. The Morgan fingerprint density at radius 3 is 2.37 bits per heavy atom. The minimum atomic E-state index is -0.292. The first-order valence-corrected chi connectivity index (χ1v) is 9.57. The highest BCUT2D eigenvalue weighted by atomic mass is 35.5. The lowest BCUT2D eigenvalue weighted by Gasteiger charge is -2.10. The van der Waals surface area contributed by atoms with Crippen LogP contribution in [0.2, 0.25) is 5.02 Å². The number of carbonyl (C=O) groups is 2. The fourth-order valence-electron chi connectivity index (χ4n) is 2.70. The van der Waals surface area contributed by atoms with E-state index in [0.29, 0.717) is 27.8 Å². The molecule has 0 saturated heterocycles. The van der Waals surface area contributed by atoms with Gasteiger partial charge in [0.25, 0.3) is 11.8 Å². The molecule has 0 spiro atoms. The van der Waals surface area contributed by atoms with Gasteiger partial charge in [-0.05, 0) is 61.0 Å². The molecule has 3 rings (SSSR count). The van der Waals surface area contributed by atoms with E-state index in [1.807, 2.05) is 31.2 Å². The van der Waals surface area contributed by atoms with Crippen LogP contribution in [-0.2, 0) is 4.79 Å². The summed E-state index contributed by atoms with van der Waals surface area (Å²) in [6.07, 6.45) is 0. The normalized spacial score (nSPS) is 10.2. The van der Waals surface area contributed by atoms with E-state index in [1.54, 1.807) is 42.5 Å². The van der Waals surface area contributed by atoms with Crippen LogP contribution < -0.4 is 20.1 Å². The second-order valence-corrected chi connectivity index (χ2v) is 6.89. The van der Waals surface area contributed by atoms with Crippen LogP contribution >= 0.6 is 11.6 Å². The number of aryl methyl sites for hydroxylation is 1. The molecule has 3 aromatic carbocycles. The predicted octanol–water partition coefficient (Wildman–Crippen LogP) is 4.93. The van der Waals surface area contributed by atoms with Gasteiger partial charge in [-0.1, -0.05) is 29.8 Å². The number of para-hydroxylation sites is 1. The number of hydrogen-bond donors (Lipinski definition) is 2. The summed E-state index contributed by atoms with van der Waals surface area (Å²) in [7, 11) is 1.52. The van der Waals surface area contributed by atoms with Gasteiger partial charge in [0.15, 0.2) is 6.61 Å². The summed E-state index contributed by atoms with van der Waals surface area (Å²) in [5.74, 6) is 0.462. The van der Waals surface area contributed by atoms with Gasteiger partial charge in [-0.2, -0.15) is 0 Å². The Labute approximate surface area is 179 Å². The summed E-state index contributed by atoms with van der Waals surface area (Å²) >= 11 is 6.07. The Morgan fingerprint density at radius 1 is 0.967 bits per heavy atom. The molecule has 0 unspecified atom stereocenters. The number of benzene rings is 3. The maximum absolute atomic E-state index is 12.4. The highest BCUT2D eigenvalue weighted by molar-refractivity contribution is 6.32. The van der Waals surface area contributed by atoms with Gasteiger partial charge in [-0.3, -0.25) is 9.59 Å². The van der Waals surface area contributed by atoms with Gasteiger partial charge in [-0.25, -0.2) is 0 Å². The number of anilines is 2. The van der Waals surface area contributed by atoms with Gasteiger partial charge in [0.05, 0.1) is 12.1 Å². The standard InChI is InChI=1S/C23H21ClN2O4/c1-15-5-3-4-6-20(15)26-22(27)14-30-18-10-7-16(8-11-18)23(28)25-17-9-12-21(29-2)19(24)13-17/h3-13H,14H2,1-2H3,(H,25,28)(H,26,27). The Kier molecular flexibility index (Phi) is 6.93. The summed E-state index contributed by atoms with van der Waals surface area (Å²) in [6.45, 7) is 1.78. The smallest absolute Gasteiger partial charge is 0.262 e. The Bertz CT molecular complexity index is 1050. The van der Waals surface area contributed by atoms with Crippen molar-refractivity contribution in [3.05, 3.63) is 82.9 Å². The molecule has 154 valence electrons. The lowest BCUT2D eigenvalue weighted by molar-refractivity contribution is -0.118. The third kappa shape index (κ3) is 5.52. The maximum atomic E-state index is 12.4. The van der Waals surface area contributed by atoms with Gasteiger partial charge >= 0.3 is 0 Å². The molecule has 0 fully saturated rings. The van der Waals surface area contributed by atoms with E-state index in [0.717, 1.165) is 11.3 Å². The average molecular weight is 425 g/mol. The molecular weight excluding hydrogens is 404 g/mol. The monoisotopic (exact) mass is 424 g/mol. The number of carbonyl (C=O) groups excluding carboxylic acids is 2. The van der Waals surface area contributed by atoms with Gasteiger partial charge < -0.3 is 20.1 Å². The number of hydrogen-bond acceptors (Lipinski definition) is 4. The highest BCUT2D eigenvalue weighted by Crippen LogP contribution is 2.27. The summed E-state index contributed by atoms with van der Waals surface area (Å²) in [5, 5.41) is 5.98. The van der Waals surface area contributed by atoms with Crippen molar-refractivity contribution in [3.63, 3.8) is 0 Å². The molecule has 0 saturated carbocycles. The van der Waals surface area contributed by atoms with E-state index in [-0.39, 0.29) is 18.4 Å². The zero-order valence-electron chi connectivity index (χ0n) is 16.6. The molecule has 0 bridgehead atoms. The van der Waals surface area contributed by atoms with Gasteiger partial charge in [0.1, 0.15) is 11.5 Å². The molecule has 0 atom stereocenters. The number of rotatable bonds is 7. The summed E-state index contributed by atoms with van der Waals surface area (Å²) in [4.78, 5) is 24.5. The predicted molar refractivity (Wildman–Crippen MR) is 118 cm³/mol. The minimum Gasteiger partial charge on any atom is -0.495 e. The molecule has 7 heteroatoms. The Hall–Kier alpha value is -3.51. The van der Waals surface area contributed by atoms with E-state index in [4.69, 9.17) is 21.1 Å². The van der Waals surface area contributed by atoms with Crippen LogP contribution in [0.3, 0.4) is 0 Å². The molecule has 6 nitrogen and oxygen atoms in total. The van der Waals surface area contributed by atoms with Crippen molar-refractivity contribution in [2.45, 2.75) is 6.92 Å². The van der Waals surface area contributed by atoms with Crippen molar-refractivity contribution in [1.29, 1.82) is 0 Å². The molecule has 0 aliphatic carbocycles. The van der Waals surface area contributed by atoms with Crippen LogP contribution in [0.15, 0.2) is 66.7 Å². The van der Waals surface area contributed by atoms with Crippen LogP contribution in [-0.4, -0.2) is 25.5 Å². The number of ether oxygens (including phenoxy) is 2. The van der Waals surface area contributed by atoms with Crippen LogP contribution in [0, 0.1) is 6.92 Å². The van der Waals surface area contributed by atoms with Crippen molar-refractivity contribution in [3.8, 4) is 11.5 Å². The van der Waals surface area contributed by atoms with Crippen molar-refractivity contribution in [2.75, 3.05) is 24.4 Å². The van der Waals surface area contributed by atoms with Crippen molar-refractivity contribution in [2.24, 2.45) is 0 Å². The largest absolute Gasteiger partial charge is 0.495 e. The van der Waals surface area contributed by atoms with Gasteiger partial charge in [0.2, 0.25) is 0 Å². The van der Waals surface area contributed by atoms with Crippen molar-refractivity contribution >= 4 is 34.8 Å². The SMILES string of the molecule is COc1ccc(NC(=O)c2ccc(OCC(=O)Nc3ccccc3C)cc2)cc1Cl. The minimum absolute atomic E-state index is 0.135. The topological polar surface area (TPSA) is 76.7 Å². The number of amides is 2. The molecule has 2 N–H and O–H groups in total. The van der Waals surface area contributed by atoms with E-state index in [2.05, 4.69) is 10.6 Å². The average Bonchev–Trinajstić information content (AvgIpc) is 2.74. The maximum Gasteiger partial charge on any atom is 0.262 e. The van der Waals surface area contributed by atoms with Crippen molar-refractivity contribution in [1.82, 2.24) is 0 Å². The fourth-order valence-corrected chi connectivity index (χ4v) is 2.96. The molecule has 0 aliphatic rings. The molecule has 0 radical (unpaired) electrons. The van der Waals surface area contributed by atoms with Crippen molar-refractivity contribution < 1.29 is 19.1 Å². The molecule has 0 aliphatic heterocycles. The Balaban J connectivity index is 1.54. The summed E-state index contributed by atoms with van der Waals surface area (Å²) in [5.41, 5.74) is 2.72. The first-order chi connectivity index (χ1) is 14.5. The van der Waals surface area contributed by atoms with E-state index >= 15 is 0 Å². The molecule has 3 aromatic rings. The van der Waals surface area contributed by atoms with E-state index < -0.39 is 0 Å². The lowest BCUT2D eigenvalue weighted by Crippen LogP contribution is -2.20. The zero-order valence-corrected chi connectivity index (χ0v) is 17.3. The molecule has 2 amide bonds. The number of halogens is 1. The van der Waals surface area contributed by atoms with E-state index in [9.17, 15) is 9.59 Å². The third-order valence-electron chi connectivity index (χ3n) is 4.32. The lowest BCUT2D eigenvalue weighted by atomic mass is 10.2. The first kappa shape index (κ1) is 21.2.